The van der Waals surface area contributed by atoms with Gasteiger partial charge < -0.3 is 14.8 Å². The van der Waals surface area contributed by atoms with Gasteiger partial charge in [-0.3, -0.25) is 9.59 Å². The zero-order valence-electron chi connectivity index (χ0n) is 18.2. The molecule has 162 valence electrons. The van der Waals surface area contributed by atoms with Crippen LogP contribution >= 0.6 is 0 Å². The van der Waals surface area contributed by atoms with E-state index in [0.29, 0.717) is 54.3 Å². The van der Waals surface area contributed by atoms with Gasteiger partial charge in [-0.15, -0.1) is 0 Å². The summed E-state index contributed by atoms with van der Waals surface area (Å²) in [4.78, 5) is 29.7. The molecule has 2 aromatic heterocycles. The second-order valence-corrected chi connectivity index (χ2v) is 8.45. The van der Waals surface area contributed by atoms with Crippen LogP contribution in [0.2, 0.25) is 0 Å². The van der Waals surface area contributed by atoms with E-state index in [2.05, 4.69) is 29.2 Å². The third-order valence-electron chi connectivity index (χ3n) is 5.44. The predicted octanol–water partition coefficient (Wildman–Crippen LogP) is 3.22. The molecule has 1 N–H and O–H groups in total. The second-order valence-electron chi connectivity index (χ2n) is 8.45. The Balaban J connectivity index is 1.57. The summed E-state index contributed by atoms with van der Waals surface area (Å²) < 4.78 is 12.5. The number of hydrogen-bond acceptors (Lipinski definition) is 6. The Hall–Kier alpha value is -3.42. The molecule has 8 nitrogen and oxygen atoms in total. The minimum atomic E-state index is -0.280. The van der Waals surface area contributed by atoms with E-state index in [1.807, 2.05) is 25.1 Å². The number of carbonyl (C=O) groups is 2. The molecule has 0 saturated heterocycles. The lowest BCUT2D eigenvalue weighted by atomic mass is 9.76. The molecule has 0 fully saturated rings. The third kappa shape index (κ3) is 3.97. The number of ether oxygens (including phenoxy) is 2. The molecule has 1 aliphatic rings. The van der Waals surface area contributed by atoms with Gasteiger partial charge in [0.25, 0.3) is 5.91 Å². The lowest BCUT2D eigenvalue weighted by Crippen LogP contribution is -2.29. The molecule has 31 heavy (non-hydrogen) atoms. The monoisotopic (exact) mass is 422 g/mol. The molecular formula is C23H26N4O4. The van der Waals surface area contributed by atoms with E-state index in [1.165, 1.54) is 6.20 Å². The topological polar surface area (TPSA) is 94.8 Å². The van der Waals surface area contributed by atoms with Crippen LogP contribution in [0.5, 0.6) is 11.5 Å². The van der Waals surface area contributed by atoms with Crippen LogP contribution in [0.4, 0.5) is 0 Å². The Morgan fingerprint density at radius 2 is 2.03 bits per heavy atom. The number of nitrogens with zero attached hydrogens (tertiary/aromatic N) is 3. The molecule has 1 amide bonds. The Morgan fingerprint density at radius 1 is 1.23 bits per heavy atom. The van der Waals surface area contributed by atoms with Gasteiger partial charge in [-0.2, -0.15) is 5.10 Å². The Labute approximate surface area is 180 Å². The number of methoxy groups -OCH3 is 1. The van der Waals surface area contributed by atoms with Crippen molar-refractivity contribution in [3.8, 4) is 11.5 Å². The number of amides is 1. The highest BCUT2D eigenvalue weighted by atomic mass is 16.5. The third-order valence-corrected chi connectivity index (χ3v) is 5.44. The number of fused-ring (bicyclic) bond motifs is 3. The van der Waals surface area contributed by atoms with Crippen LogP contribution in [0.3, 0.4) is 0 Å². The van der Waals surface area contributed by atoms with Crippen LogP contribution in [-0.4, -0.2) is 40.0 Å². The predicted molar refractivity (Wildman–Crippen MR) is 115 cm³/mol. The van der Waals surface area contributed by atoms with Gasteiger partial charge >= 0.3 is 0 Å². The summed E-state index contributed by atoms with van der Waals surface area (Å²) in [5.41, 5.74) is 2.94. The van der Waals surface area contributed by atoms with Crippen LogP contribution in [0.1, 0.15) is 59.2 Å². The number of benzene rings is 1. The highest BCUT2D eigenvalue weighted by Crippen LogP contribution is 2.34. The summed E-state index contributed by atoms with van der Waals surface area (Å²) in [5, 5.41) is 7.28. The first-order valence-electron chi connectivity index (χ1n) is 10.3. The van der Waals surface area contributed by atoms with Crippen molar-refractivity contribution in [2.24, 2.45) is 5.41 Å². The average Bonchev–Trinajstić information content (AvgIpc) is 3.16. The molecule has 0 unspecified atom stereocenters. The first-order chi connectivity index (χ1) is 14.8. The molecule has 0 aliphatic heterocycles. The van der Waals surface area contributed by atoms with Crippen molar-refractivity contribution in [1.29, 1.82) is 0 Å². The normalized spacial score (nSPS) is 14.9. The summed E-state index contributed by atoms with van der Waals surface area (Å²) in [7, 11) is 1.59. The van der Waals surface area contributed by atoms with Gasteiger partial charge in [0.2, 0.25) is 0 Å². The molecule has 1 aromatic carbocycles. The lowest BCUT2D eigenvalue weighted by Gasteiger charge is -2.29. The Morgan fingerprint density at radius 3 is 2.77 bits per heavy atom. The zero-order valence-corrected chi connectivity index (χ0v) is 18.2. The van der Waals surface area contributed by atoms with Crippen molar-refractivity contribution in [3.05, 3.63) is 53.0 Å². The minimum absolute atomic E-state index is 0.0618. The van der Waals surface area contributed by atoms with E-state index in [4.69, 9.17) is 9.47 Å². The lowest BCUT2D eigenvalue weighted by molar-refractivity contribution is 0.0907. The van der Waals surface area contributed by atoms with Crippen molar-refractivity contribution < 1.29 is 19.1 Å². The number of nitrogens with one attached hydrogen (secondary N) is 1. The smallest absolute Gasteiger partial charge is 0.257 e. The molecule has 1 aliphatic carbocycles. The van der Waals surface area contributed by atoms with Crippen molar-refractivity contribution in [1.82, 2.24) is 19.9 Å². The van der Waals surface area contributed by atoms with Crippen LogP contribution < -0.4 is 14.8 Å². The minimum Gasteiger partial charge on any atom is -0.493 e. The fourth-order valence-corrected chi connectivity index (χ4v) is 3.96. The van der Waals surface area contributed by atoms with Gasteiger partial charge in [0.1, 0.15) is 5.56 Å². The van der Waals surface area contributed by atoms with Crippen LogP contribution in [-0.2, 0) is 13.0 Å². The maximum absolute atomic E-state index is 12.9. The van der Waals surface area contributed by atoms with Crippen LogP contribution in [0.25, 0.3) is 5.65 Å². The molecule has 0 radical (unpaired) electrons. The van der Waals surface area contributed by atoms with E-state index in [1.54, 1.807) is 17.8 Å². The number of carbonyl (C=O) groups excluding carboxylic acids is 2. The van der Waals surface area contributed by atoms with Gasteiger partial charge in [-0.1, -0.05) is 19.9 Å². The van der Waals surface area contributed by atoms with Gasteiger partial charge in [0.05, 0.1) is 31.2 Å². The largest absolute Gasteiger partial charge is 0.493 e. The number of Topliss-reactive ketones (excluding diaryl/α,β-unsaturated/α-hetero) is 1. The summed E-state index contributed by atoms with van der Waals surface area (Å²) in [6, 6.07) is 5.54. The average molecular weight is 422 g/mol. The number of aromatic nitrogens is 3. The summed E-state index contributed by atoms with van der Waals surface area (Å²) in [6.45, 7) is 6.85. The summed E-state index contributed by atoms with van der Waals surface area (Å²) >= 11 is 0. The van der Waals surface area contributed by atoms with Crippen molar-refractivity contribution >= 4 is 17.3 Å². The maximum atomic E-state index is 12.9. The molecule has 0 saturated carbocycles. The zero-order chi connectivity index (χ0) is 22.2. The van der Waals surface area contributed by atoms with E-state index < -0.39 is 0 Å². The van der Waals surface area contributed by atoms with Gasteiger partial charge in [0, 0.05) is 19.2 Å². The van der Waals surface area contributed by atoms with E-state index in [0.717, 1.165) is 11.3 Å². The van der Waals surface area contributed by atoms with E-state index in [9.17, 15) is 9.59 Å². The Bertz CT molecular complexity index is 1170. The SMILES string of the molecule is CCOc1cc(CNC(=O)c2cnn3c4c(cnc23)C(=O)CC(C)(C)C4)ccc1OC. The van der Waals surface area contributed by atoms with Gasteiger partial charge in [-0.25, -0.2) is 9.50 Å². The number of ketones is 1. The summed E-state index contributed by atoms with van der Waals surface area (Å²) in [5.74, 6) is 1.06. The van der Waals surface area contributed by atoms with Crippen LogP contribution in [0.15, 0.2) is 30.6 Å². The van der Waals surface area contributed by atoms with Gasteiger partial charge in [-0.05, 0) is 36.5 Å². The van der Waals surface area contributed by atoms with E-state index >= 15 is 0 Å². The number of hydrogen-bond donors (Lipinski definition) is 1. The van der Waals surface area contributed by atoms with Crippen molar-refractivity contribution in [2.75, 3.05) is 13.7 Å². The van der Waals surface area contributed by atoms with E-state index in [-0.39, 0.29) is 17.1 Å². The molecule has 2 heterocycles. The molecule has 3 aromatic rings. The molecule has 0 spiro atoms. The van der Waals surface area contributed by atoms with Gasteiger partial charge in [0.15, 0.2) is 22.9 Å². The molecule has 0 bridgehead atoms. The molecular weight excluding hydrogens is 396 g/mol. The molecule has 8 heteroatoms. The number of rotatable bonds is 6. The molecule has 4 rings (SSSR count). The van der Waals surface area contributed by atoms with Crippen molar-refractivity contribution in [2.45, 2.75) is 40.2 Å². The summed E-state index contributed by atoms with van der Waals surface area (Å²) in [6.07, 6.45) is 4.25. The first-order valence-corrected chi connectivity index (χ1v) is 10.3. The van der Waals surface area contributed by atoms with Crippen LogP contribution in [0, 0.1) is 5.41 Å². The van der Waals surface area contributed by atoms with Crippen molar-refractivity contribution in [3.63, 3.8) is 0 Å². The first kappa shape index (κ1) is 20.8. The molecule has 0 atom stereocenters. The highest BCUT2D eigenvalue weighted by molar-refractivity contribution is 6.01. The fourth-order valence-electron chi connectivity index (χ4n) is 3.96. The maximum Gasteiger partial charge on any atom is 0.257 e. The quantitative estimate of drug-likeness (QED) is 0.655. The standard InChI is InChI=1S/C23H26N4O4/c1-5-31-20-8-14(6-7-19(20)30-4)11-25-22(29)16-13-26-27-17-9-23(2,3)10-18(28)15(17)12-24-21(16)27/h6-8,12-13H,5,9-11H2,1-4H3,(H,25,29). The highest BCUT2D eigenvalue weighted by Gasteiger charge is 2.33. The second kappa shape index (κ2) is 8.02. The Kier molecular flexibility index (Phi) is 5.39. The fraction of sp³-hybridized carbons (Fsp3) is 0.391.